The number of sulfone groups is 1. The number of hydrogen-bond acceptors (Lipinski definition) is 4. The second kappa shape index (κ2) is 6.25. The number of benzene rings is 1. The van der Waals surface area contributed by atoms with Gasteiger partial charge in [-0.05, 0) is 18.2 Å². The Morgan fingerprint density at radius 2 is 2.04 bits per heavy atom. The average molecular weight is 405 g/mol. The molecular formula is C16H18ClFN2O3S2. The maximum atomic E-state index is 13.5. The van der Waals surface area contributed by atoms with E-state index in [-0.39, 0.29) is 33.7 Å². The van der Waals surface area contributed by atoms with Crippen molar-refractivity contribution >= 4 is 50.0 Å². The molecule has 2 heterocycles. The molecule has 9 heteroatoms. The second-order valence-electron chi connectivity index (χ2n) is 7.22. The third-order valence-corrected chi connectivity index (χ3v) is 7.59. The predicted octanol–water partition coefficient (Wildman–Crippen LogP) is 3.13. The Bertz CT molecular complexity index is 865. The molecule has 2 unspecified atom stereocenters. The van der Waals surface area contributed by atoms with Gasteiger partial charge in [-0.1, -0.05) is 44.1 Å². The lowest BCUT2D eigenvalue weighted by atomic mass is 9.96. The molecule has 2 aliphatic heterocycles. The van der Waals surface area contributed by atoms with E-state index in [1.54, 1.807) is 25.7 Å². The van der Waals surface area contributed by atoms with Crippen LogP contribution >= 0.6 is 23.4 Å². The average Bonchev–Trinajstić information content (AvgIpc) is 2.92. The van der Waals surface area contributed by atoms with Crippen molar-refractivity contribution in [3.8, 4) is 0 Å². The van der Waals surface area contributed by atoms with E-state index in [1.165, 1.54) is 30.0 Å². The highest BCUT2D eigenvalue weighted by molar-refractivity contribution is 8.16. The molecular weight excluding hydrogens is 387 g/mol. The Morgan fingerprint density at radius 1 is 1.36 bits per heavy atom. The van der Waals surface area contributed by atoms with Gasteiger partial charge in [0, 0.05) is 16.4 Å². The lowest BCUT2D eigenvalue weighted by Gasteiger charge is -2.25. The molecule has 0 radical (unpaired) electrons. The molecule has 2 fully saturated rings. The minimum absolute atomic E-state index is 0.0254. The van der Waals surface area contributed by atoms with Gasteiger partial charge < -0.3 is 4.90 Å². The van der Waals surface area contributed by atoms with Crippen molar-refractivity contribution in [2.45, 2.75) is 32.1 Å². The zero-order valence-electron chi connectivity index (χ0n) is 14.0. The van der Waals surface area contributed by atoms with Gasteiger partial charge in [0.05, 0.1) is 22.6 Å². The van der Waals surface area contributed by atoms with Gasteiger partial charge in [-0.3, -0.25) is 4.79 Å². The van der Waals surface area contributed by atoms with Crippen molar-refractivity contribution in [1.29, 1.82) is 0 Å². The summed E-state index contributed by atoms with van der Waals surface area (Å²) >= 11 is 7.16. The molecule has 1 aromatic rings. The fraction of sp³-hybridized carbons (Fsp3) is 0.500. The van der Waals surface area contributed by atoms with Crippen LogP contribution in [0.15, 0.2) is 23.2 Å². The summed E-state index contributed by atoms with van der Waals surface area (Å²) in [4.78, 5) is 18.3. The number of hydrogen-bond donors (Lipinski definition) is 0. The Kier molecular flexibility index (Phi) is 4.66. The van der Waals surface area contributed by atoms with Gasteiger partial charge in [-0.15, -0.1) is 0 Å². The minimum Gasteiger partial charge on any atom is -0.316 e. The van der Waals surface area contributed by atoms with Crippen LogP contribution in [0.3, 0.4) is 0 Å². The summed E-state index contributed by atoms with van der Waals surface area (Å²) in [6.07, 6.45) is 0. The van der Waals surface area contributed by atoms with Crippen molar-refractivity contribution in [1.82, 2.24) is 0 Å². The zero-order chi connectivity index (χ0) is 18.6. The summed E-state index contributed by atoms with van der Waals surface area (Å²) in [5, 5.41) is 0.168. The van der Waals surface area contributed by atoms with Crippen molar-refractivity contribution < 1.29 is 17.6 Å². The molecule has 25 heavy (non-hydrogen) atoms. The summed E-state index contributed by atoms with van der Waals surface area (Å²) in [5.74, 6) is -0.841. The van der Waals surface area contributed by atoms with E-state index in [1.807, 2.05) is 0 Å². The molecule has 0 aliphatic carbocycles. The summed E-state index contributed by atoms with van der Waals surface area (Å²) in [6, 6.07) is 3.83. The molecule has 0 aromatic heterocycles. The molecule has 1 amide bonds. The second-order valence-corrected chi connectivity index (χ2v) is 11.0. The maximum absolute atomic E-state index is 13.5. The highest BCUT2D eigenvalue weighted by Gasteiger charge is 2.49. The van der Waals surface area contributed by atoms with Crippen molar-refractivity contribution in [3.05, 3.63) is 29.0 Å². The van der Waals surface area contributed by atoms with E-state index in [4.69, 9.17) is 11.6 Å². The topological polar surface area (TPSA) is 66.8 Å². The van der Waals surface area contributed by atoms with Crippen molar-refractivity contribution in [2.24, 2.45) is 10.4 Å². The largest absolute Gasteiger partial charge is 0.316 e. The number of amides is 1. The van der Waals surface area contributed by atoms with Crippen molar-refractivity contribution in [2.75, 3.05) is 16.4 Å². The number of fused-ring (bicyclic) bond motifs is 1. The zero-order valence-corrected chi connectivity index (χ0v) is 16.4. The molecule has 0 saturated carbocycles. The third kappa shape index (κ3) is 3.71. The van der Waals surface area contributed by atoms with Crippen LogP contribution in [0.1, 0.15) is 20.8 Å². The first-order valence-corrected chi connectivity index (χ1v) is 10.8. The lowest BCUT2D eigenvalue weighted by Crippen LogP contribution is -2.38. The van der Waals surface area contributed by atoms with Crippen LogP contribution in [0.2, 0.25) is 5.02 Å². The molecule has 2 saturated heterocycles. The van der Waals surface area contributed by atoms with Gasteiger partial charge in [-0.25, -0.2) is 12.8 Å². The van der Waals surface area contributed by atoms with E-state index in [0.29, 0.717) is 10.9 Å². The Labute approximate surface area is 155 Å². The van der Waals surface area contributed by atoms with E-state index < -0.39 is 21.1 Å². The minimum atomic E-state index is -3.15. The van der Waals surface area contributed by atoms with Crippen LogP contribution in [0, 0.1) is 11.2 Å². The van der Waals surface area contributed by atoms with Crippen LogP contribution in [-0.2, 0) is 14.6 Å². The van der Waals surface area contributed by atoms with E-state index >= 15 is 0 Å². The number of anilines is 1. The highest BCUT2D eigenvalue weighted by atomic mass is 35.5. The number of rotatable bonds is 1. The fourth-order valence-electron chi connectivity index (χ4n) is 2.76. The van der Waals surface area contributed by atoms with Gasteiger partial charge in [0.15, 0.2) is 15.0 Å². The number of halogens is 2. The summed E-state index contributed by atoms with van der Waals surface area (Å²) in [5.41, 5.74) is -0.118. The Hall–Kier alpha value is -1.12. The normalized spacial score (nSPS) is 26.9. The number of carbonyl (C=O) groups is 1. The number of aliphatic imine (C=N–C) groups is 1. The molecule has 2 atom stereocenters. The summed E-state index contributed by atoms with van der Waals surface area (Å²) in [7, 11) is -3.15. The monoisotopic (exact) mass is 404 g/mol. The van der Waals surface area contributed by atoms with Crippen LogP contribution in [-0.4, -0.2) is 42.3 Å². The van der Waals surface area contributed by atoms with Gasteiger partial charge >= 0.3 is 0 Å². The van der Waals surface area contributed by atoms with Crippen LogP contribution < -0.4 is 4.90 Å². The molecule has 5 nitrogen and oxygen atoms in total. The maximum Gasteiger partial charge on any atom is 0.253 e. The molecule has 0 N–H and O–H groups in total. The lowest BCUT2D eigenvalue weighted by molar-refractivity contribution is -0.124. The van der Waals surface area contributed by atoms with E-state index in [2.05, 4.69) is 4.99 Å². The molecule has 0 spiro atoms. The standard InChI is InChI=1S/C16H18ClFN2O3S2/c1-16(2,3)14(21)19-15-20(9-4-5-11(18)10(17)6-9)12-7-25(22,23)8-13(12)24-15/h4-6,12-13H,7-8H2,1-3H3. The highest BCUT2D eigenvalue weighted by Crippen LogP contribution is 2.42. The number of amidine groups is 1. The first-order valence-electron chi connectivity index (χ1n) is 7.72. The van der Waals surface area contributed by atoms with Crippen molar-refractivity contribution in [3.63, 3.8) is 0 Å². The quantitative estimate of drug-likeness (QED) is 0.719. The van der Waals surface area contributed by atoms with E-state index in [9.17, 15) is 17.6 Å². The van der Waals surface area contributed by atoms with Crippen LogP contribution in [0.4, 0.5) is 10.1 Å². The molecule has 136 valence electrons. The van der Waals surface area contributed by atoms with Crippen LogP contribution in [0.5, 0.6) is 0 Å². The van der Waals surface area contributed by atoms with Crippen LogP contribution in [0.25, 0.3) is 0 Å². The van der Waals surface area contributed by atoms with Gasteiger partial charge in [0.1, 0.15) is 5.82 Å². The fourth-order valence-corrected chi connectivity index (χ4v) is 6.84. The first-order chi connectivity index (χ1) is 11.5. The summed E-state index contributed by atoms with van der Waals surface area (Å²) in [6.45, 7) is 5.30. The summed E-state index contributed by atoms with van der Waals surface area (Å²) < 4.78 is 37.5. The van der Waals surface area contributed by atoms with Gasteiger partial charge in [0.25, 0.3) is 5.91 Å². The van der Waals surface area contributed by atoms with E-state index in [0.717, 1.165) is 0 Å². The SMILES string of the molecule is CC(C)(C)C(=O)N=C1SC2CS(=O)(=O)CC2N1c1ccc(F)c(Cl)c1. The Morgan fingerprint density at radius 3 is 2.64 bits per heavy atom. The van der Waals surface area contributed by atoms with Gasteiger partial charge in [0.2, 0.25) is 0 Å². The number of nitrogens with zero attached hydrogens (tertiary/aromatic N) is 2. The Balaban J connectivity index is 2.05. The smallest absolute Gasteiger partial charge is 0.253 e. The molecule has 1 aromatic carbocycles. The predicted molar refractivity (Wildman–Crippen MR) is 99.6 cm³/mol. The third-order valence-electron chi connectivity index (χ3n) is 4.09. The molecule has 3 rings (SSSR count). The van der Waals surface area contributed by atoms with Gasteiger partial charge in [-0.2, -0.15) is 4.99 Å². The number of thioether (sulfide) groups is 1. The first kappa shape index (κ1) is 18.7. The molecule has 2 aliphatic rings. The number of carbonyl (C=O) groups excluding carboxylic acids is 1. The molecule has 0 bridgehead atoms.